The van der Waals surface area contributed by atoms with Crippen molar-refractivity contribution in [2.75, 3.05) is 6.54 Å². The van der Waals surface area contributed by atoms with E-state index in [1.54, 1.807) is 11.0 Å². The minimum atomic E-state index is 0.649. The molecule has 0 amide bonds. The number of rotatable bonds is 6. The Kier molecular flexibility index (Phi) is 5.46. The lowest BCUT2D eigenvalue weighted by molar-refractivity contribution is 0.552. The van der Waals surface area contributed by atoms with Crippen molar-refractivity contribution in [2.24, 2.45) is 13.0 Å². The van der Waals surface area contributed by atoms with Crippen LogP contribution < -0.4 is 5.32 Å². The van der Waals surface area contributed by atoms with Gasteiger partial charge in [-0.05, 0) is 41.9 Å². The van der Waals surface area contributed by atoms with E-state index in [-0.39, 0.29) is 0 Å². The molecule has 108 valence electrons. The highest BCUT2D eigenvalue weighted by molar-refractivity contribution is 7.99. The average Bonchev–Trinajstić information content (AvgIpc) is 2.78. The van der Waals surface area contributed by atoms with Crippen molar-refractivity contribution in [2.45, 2.75) is 30.4 Å². The molecule has 0 fully saturated rings. The van der Waals surface area contributed by atoms with Crippen molar-refractivity contribution in [3.05, 3.63) is 35.1 Å². The maximum atomic E-state index is 6.33. The molecule has 4 nitrogen and oxygen atoms in total. The third kappa shape index (κ3) is 4.23. The van der Waals surface area contributed by atoms with E-state index in [1.165, 1.54) is 17.3 Å². The Morgan fingerprint density at radius 2 is 2.20 bits per heavy atom. The third-order valence-electron chi connectivity index (χ3n) is 2.75. The zero-order valence-corrected chi connectivity index (χ0v) is 13.5. The van der Waals surface area contributed by atoms with Gasteiger partial charge in [0.05, 0.1) is 5.02 Å². The van der Waals surface area contributed by atoms with Crippen LogP contribution in [0.15, 0.2) is 34.6 Å². The molecule has 1 aromatic carbocycles. The van der Waals surface area contributed by atoms with Gasteiger partial charge in [-0.1, -0.05) is 31.5 Å². The Morgan fingerprint density at radius 3 is 2.80 bits per heavy atom. The number of nitrogens with zero attached hydrogens (tertiary/aromatic N) is 3. The maximum absolute atomic E-state index is 6.33. The second-order valence-corrected chi connectivity index (χ2v) is 6.47. The van der Waals surface area contributed by atoms with Crippen LogP contribution in [-0.2, 0) is 13.6 Å². The van der Waals surface area contributed by atoms with Crippen LogP contribution in [0.25, 0.3) is 0 Å². The van der Waals surface area contributed by atoms with Gasteiger partial charge in [-0.15, -0.1) is 0 Å². The second kappa shape index (κ2) is 7.11. The Hall–Kier alpha value is -1.04. The van der Waals surface area contributed by atoms with E-state index in [2.05, 4.69) is 35.3 Å². The summed E-state index contributed by atoms with van der Waals surface area (Å²) in [5, 5.41) is 9.04. The predicted octanol–water partition coefficient (Wildman–Crippen LogP) is 3.37. The molecule has 0 unspecified atom stereocenters. The lowest BCUT2D eigenvalue weighted by Gasteiger charge is -2.09. The van der Waals surface area contributed by atoms with Gasteiger partial charge in [0.15, 0.2) is 5.16 Å². The van der Waals surface area contributed by atoms with Gasteiger partial charge in [0.1, 0.15) is 6.33 Å². The van der Waals surface area contributed by atoms with Gasteiger partial charge in [-0.25, -0.2) is 9.67 Å². The largest absolute Gasteiger partial charge is 0.312 e. The van der Waals surface area contributed by atoms with Gasteiger partial charge >= 0.3 is 0 Å². The molecule has 0 atom stereocenters. The number of aryl methyl sites for hydroxylation is 1. The van der Waals surface area contributed by atoms with Gasteiger partial charge in [0.25, 0.3) is 0 Å². The highest BCUT2D eigenvalue weighted by Gasteiger charge is 2.08. The normalized spacial score (nSPS) is 11.2. The van der Waals surface area contributed by atoms with Crippen LogP contribution in [0, 0.1) is 5.92 Å². The Bertz CT molecular complexity index is 568. The summed E-state index contributed by atoms with van der Waals surface area (Å²) < 4.78 is 1.74. The topological polar surface area (TPSA) is 42.7 Å². The van der Waals surface area contributed by atoms with Crippen molar-refractivity contribution in [1.29, 1.82) is 0 Å². The fourth-order valence-corrected chi connectivity index (χ4v) is 2.81. The first-order valence-electron chi connectivity index (χ1n) is 6.57. The molecule has 2 aromatic rings. The monoisotopic (exact) mass is 310 g/mol. The fourth-order valence-electron chi connectivity index (χ4n) is 1.72. The first-order valence-corrected chi connectivity index (χ1v) is 7.76. The van der Waals surface area contributed by atoms with Crippen LogP contribution in [0.1, 0.15) is 19.4 Å². The van der Waals surface area contributed by atoms with Gasteiger partial charge in [-0.3, -0.25) is 0 Å². The van der Waals surface area contributed by atoms with E-state index < -0.39 is 0 Å². The zero-order valence-electron chi connectivity index (χ0n) is 11.9. The summed E-state index contributed by atoms with van der Waals surface area (Å²) in [7, 11) is 1.87. The lowest BCUT2D eigenvalue weighted by atomic mass is 10.2. The molecule has 0 aliphatic rings. The van der Waals surface area contributed by atoms with Crippen LogP contribution in [0.2, 0.25) is 5.02 Å². The van der Waals surface area contributed by atoms with Crippen LogP contribution in [-0.4, -0.2) is 21.3 Å². The summed E-state index contributed by atoms with van der Waals surface area (Å²) in [6.07, 6.45) is 1.54. The van der Waals surface area contributed by atoms with E-state index in [1.807, 2.05) is 19.2 Å². The molecule has 0 spiro atoms. The molecule has 20 heavy (non-hydrogen) atoms. The van der Waals surface area contributed by atoms with E-state index in [4.69, 9.17) is 11.6 Å². The van der Waals surface area contributed by atoms with Gasteiger partial charge in [0, 0.05) is 18.5 Å². The summed E-state index contributed by atoms with van der Waals surface area (Å²) in [6.45, 7) is 6.24. The Labute approximate surface area is 128 Å². The molecule has 0 saturated carbocycles. The first kappa shape index (κ1) is 15.4. The van der Waals surface area contributed by atoms with Crippen molar-refractivity contribution < 1.29 is 0 Å². The molecule has 1 aromatic heterocycles. The molecule has 6 heteroatoms. The molecule has 0 aliphatic carbocycles. The van der Waals surface area contributed by atoms with Crippen LogP contribution in [0.5, 0.6) is 0 Å². The summed E-state index contributed by atoms with van der Waals surface area (Å²) in [6, 6.07) is 6.14. The molecule has 0 bridgehead atoms. The maximum Gasteiger partial charge on any atom is 0.190 e. The molecular formula is C14H19ClN4S. The third-order valence-corrected chi connectivity index (χ3v) is 4.30. The molecule has 1 heterocycles. The van der Waals surface area contributed by atoms with E-state index in [0.29, 0.717) is 5.92 Å². The standard InChI is InChI=1S/C14H19ClN4S/c1-10(2)7-16-8-11-4-5-13(12(15)6-11)20-14-17-9-18-19(14)3/h4-6,9-10,16H,7-8H2,1-3H3. The van der Waals surface area contributed by atoms with Crippen molar-refractivity contribution >= 4 is 23.4 Å². The predicted molar refractivity (Wildman–Crippen MR) is 83.1 cm³/mol. The van der Waals surface area contributed by atoms with Crippen LogP contribution >= 0.6 is 23.4 Å². The minimum Gasteiger partial charge on any atom is -0.312 e. The van der Waals surface area contributed by atoms with Gasteiger partial charge in [0.2, 0.25) is 0 Å². The number of benzene rings is 1. The number of aromatic nitrogens is 3. The van der Waals surface area contributed by atoms with Crippen LogP contribution in [0.4, 0.5) is 0 Å². The minimum absolute atomic E-state index is 0.649. The van der Waals surface area contributed by atoms with Crippen molar-refractivity contribution in [3.8, 4) is 0 Å². The molecule has 0 saturated heterocycles. The molecule has 1 N–H and O–H groups in total. The number of hydrogen-bond donors (Lipinski definition) is 1. The number of halogens is 1. The Balaban J connectivity index is 2.01. The lowest BCUT2D eigenvalue weighted by Crippen LogP contribution is -2.18. The summed E-state index contributed by atoms with van der Waals surface area (Å²) in [5.41, 5.74) is 1.19. The first-order chi connectivity index (χ1) is 9.56. The smallest absolute Gasteiger partial charge is 0.190 e. The zero-order chi connectivity index (χ0) is 14.5. The Morgan fingerprint density at radius 1 is 1.40 bits per heavy atom. The number of hydrogen-bond acceptors (Lipinski definition) is 4. The van der Waals surface area contributed by atoms with Gasteiger partial charge < -0.3 is 5.32 Å². The molecule has 0 radical (unpaired) electrons. The van der Waals surface area contributed by atoms with E-state index >= 15 is 0 Å². The highest BCUT2D eigenvalue weighted by atomic mass is 35.5. The van der Waals surface area contributed by atoms with Crippen molar-refractivity contribution in [1.82, 2.24) is 20.1 Å². The summed E-state index contributed by atoms with van der Waals surface area (Å²) in [4.78, 5) is 5.18. The average molecular weight is 311 g/mol. The molecule has 2 rings (SSSR count). The summed E-state index contributed by atoms with van der Waals surface area (Å²) >= 11 is 7.86. The number of nitrogens with one attached hydrogen (secondary N) is 1. The SMILES string of the molecule is CC(C)CNCc1ccc(Sc2ncnn2C)c(Cl)c1. The quantitative estimate of drug-likeness (QED) is 0.888. The highest BCUT2D eigenvalue weighted by Crippen LogP contribution is 2.32. The van der Waals surface area contributed by atoms with Gasteiger partial charge in [-0.2, -0.15) is 5.10 Å². The van der Waals surface area contributed by atoms with Crippen molar-refractivity contribution in [3.63, 3.8) is 0 Å². The van der Waals surface area contributed by atoms with E-state index in [9.17, 15) is 0 Å². The summed E-state index contributed by atoms with van der Waals surface area (Å²) in [5.74, 6) is 0.649. The molecular weight excluding hydrogens is 292 g/mol. The second-order valence-electron chi connectivity index (χ2n) is 5.06. The molecule has 0 aliphatic heterocycles. The van der Waals surface area contributed by atoms with E-state index in [0.717, 1.165) is 28.2 Å². The van der Waals surface area contributed by atoms with Crippen LogP contribution in [0.3, 0.4) is 0 Å². The fraction of sp³-hybridized carbons (Fsp3) is 0.429.